The number of aromatic nitrogens is 3. The first-order valence-electron chi connectivity index (χ1n) is 8.34. The predicted octanol–water partition coefficient (Wildman–Crippen LogP) is 0.0264. The summed E-state index contributed by atoms with van der Waals surface area (Å²) in [5.41, 5.74) is 5.19. The molecule has 0 aromatic carbocycles. The van der Waals surface area contributed by atoms with Gasteiger partial charge in [-0.25, -0.2) is 9.67 Å². The lowest BCUT2D eigenvalue weighted by Gasteiger charge is -2.34. The fourth-order valence-corrected chi connectivity index (χ4v) is 3.39. The second-order valence-corrected chi connectivity index (χ2v) is 6.39. The van der Waals surface area contributed by atoms with Crippen molar-refractivity contribution in [2.75, 3.05) is 32.7 Å². The summed E-state index contributed by atoms with van der Waals surface area (Å²) in [6.45, 7) is 3.92. The van der Waals surface area contributed by atoms with E-state index in [0.29, 0.717) is 6.54 Å². The predicted molar refractivity (Wildman–Crippen MR) is 83.7 cm³/mol. The zero-order chi connectivity index (χ0) is 16.2. The minimum atomic E-state index is -0.614. The zero-order valence-electron chi connectivity index (χ0n) is 13.4. The van der Waals surface area contributed by atoms with E-state index in [0.717, 1.165) is 51.9 Å². The minimum absolute atomic E-state index is 0.0477. The molecule has 126 valence electrons. The van der Waals surface area contributed by atoms with E-state index in [-0.39, 0.29) is 17.8 Å². The maximum Gasteiger partial charge on any atom is 0.288 e. The van der Waals surface area contributed by atoms with Crippen molar-refractivity contribution in [1.82, 2.24) is 24.6 Å². The molecule has 2 fully saturated rings. The van der Waals surface area contributed by atoms with Crippen molar-refractivity contribution in [2.45, 2.75) is 38.1 Å². The van der Waals surface area contributed by atoms with E-state index in [1.54, 1.807) is 11.0 Å². The summed E-state index contributed by atoms with van der Waals surface area (Å²) in [6.07, 6.45) is 6.98. The maximum absolute atomic E-state index is 12.4. The number of nitrogens with zero attached hydrogens (tertiary/aromatic N) is 5. The van der Waals surface area contributed by atoms with Gasteiger partial charge in [-0.05, 0) is 38.6 Å². The Hall–Kier alpha value is -1.96. The Morgan fingerprint density at radius 2 is 1.96 bits per heavy atom. The van der Waals surface area contributed by atoms with Crippen molar-refractivity contribution >= 4 is 11.8 Å². The zero-order valence-corrected chi connectivity index (χ0v) is 13.4. The van der Waals surface area contributed by atoms with Gasteiger partial charge < -0.3 is 10.6 Å². The first-order valence-corrected chi connectivity index (χ1v) is 8.34. The van der Waals surface area contributed by atoms with Gasteiger partial charge in [0.15, 0.2) is 0 Å². The fourth-order valence-electron chi connectivity index (χ4n) is 3.39. The van der Waals surface area contributed by atoms with Gasteiger partial charge in [0.1, 0.15) is 6.33 Å². The lowest BCUT2D eigenvalue weighted by atomic mass is 10.1. The molecule has 2 saturated heterocycles. The molecule has 1 atom stereocenters. The summed E-state index contributed by atoms with van der Waals surface area (Å²) in [4.78, 5) is 31.6. The highest BCUT2D eigenvalue weighted by Gasteiger charge is 2.26. The molecule has 8 heteroatoms. The van der Waals surface area contributed by atoms with E-state index in [2.05, 4.69) is 15.0 Å². The number of carbonyl (C=O) groups is 2. The molecule has 0 aliphatic carbocycles. The summed E-state index contributed by atoms with van der Waals surface area (Å²) in [5, 5.41) is 4.15. The van der Waals surface area contributed by atoms with Gasteiger partial charge in [0.25, 0.3) is 5.91 Å². The number of rotatable bonds is 4. The highest BCUT2D eigenvalue weighted by Crippen LogP contribution is 2.21. The average molecular weight is 320 g/mol. The number of piperidine rings is 2. The van der Waals surface area contributed by atoms with Crippen LogP contribution in [0.5, 0.6) is 0 Å². The van der Waals surface area contributed by atoms with Crippen LogP contribution in [0.2, 0.25) is 0 Å². The molecule has 3 rings (SSSR count). The summed E-state index contributed by atoms with van der Waals surface area (Å²) in [6, 6.07) is 0.138. The summed E-state index contributed by atoms with van der Waals surface area (Å²) in [5.74, 6) is -0.343. The normalized spacial score (nSPS) is 23.0. The number of likely N-dealkylation sites (tertiary alicyclic amines) is 2. The first-order chi connectivity index (χ1) is 11.1. The molecule has 1 aromatic heterocycles. The Labute approximate surface area is 135 Å². The topological polar surface area (TPSA) is 97.3 Å². The largest absolute Gasteiger partial charge is 0.363 e. The van der Waals surface area contributed by atoms with Gasteiger partial charge in [-0.3, -0.25) is 14.5 Å². The second kappa shape index (κ2) is 7.08. The molecule has 0 bridgehead atoms. The van der Waals surface area contributed by atoms with Gasteiger partial charge in [-0.2, -0.15) is 0 Å². The van der Waals surface area contributed by atoms with Crippen LogP contribution in [0.15, 0.2) is 6.33 Å². The van der Waals surface area contributed by atoms with Gasteiger partial charge >= 0.3 is 0 Å². The molecule has 23 heavy (non-hydrogen) atoms. The summed E-state index contributed by atoms with van der Waals surface area (Å²) in [7, 11) is 0. The molecule has 0 radical (unpaired) electrons. The van der Waals surface area contributed by atoms with Crippen LogP contribution < -0.4 is 5.73 Å². The number of primary amides is 1. The van der Waals surface area contributed by atoms with Gasteiger partial charge in [-0.1, -0.05) is 0 Å². The van der Waals surface area contributed by atoms with Gasteiger partial charge in [0, 0.05) is 19.6 Å². The Bertz CT molecular complexity index is 566. The molecule has 0 spiro atoms. The van der Waals surface area contributed by atoms with Gasteiger partial charge in [0.05, 0.1) is 12.6 Å². The molecule has 0 saturated carbocycles. The highest BCUT2D eigenvalue weighted by molar-refractivity contribution is 5.88. The van der Waals surface area contributed by atoms with Crippen LogP contribution in [0.4, 0.5) is 0 Å². The van der Waals surface area contributed by atoms with Crippen molar-refractivity contribution < 1.29 is 9.59 Å². The van der Waals surface area contributed by atoms with Crippen molar-refractivity contribution in [3.63, 3.8) is 0 Å². The molecular formula is C15H24N6O2. The molecule has 8 nitrogen and oxygen atoms in total. The van der Waals surface area contributed by atoms with Crippen LogP contribution in [0.1, 0.15) is 48.8 Å². The van der Waals surface area contributed by atoms with Crippen LogP contribution in [0.25, 0.3) is 0 Å². The lowest BCUT2D eigenvalue weighted by molar-refractivity contribution is -0.133. The Morgan fingerprint density at radius 3 is 2.65 bits per heavy atom. The average Bonchev–Trinajstić information content (AvgIpc) is 3.06. The van der Waals surface area contributed by atoms with Gasteiger partial charge in [0.2, 0.25) is 11.7 Å². The van der Waals surface area contributed by atoms with E-state index < -0.39 is 5.91 Å². The molecule has 3 heterocycles. The molecular weight excluding hydrogens is 296 g/mol. The molecule has 2 N–H and O–H groups in total. The number of carbonyl (C=O) groups excluding carboxylic acids is 2. The quantitative estimate of drug-likeness (QED) is 0.844. The minimum Gasteiger partial charge on any atom is -0.363 e. The Kier molecular flexibility index (Phi) is 4.90. The third-order valence-corrected chi connectivity index (χ3v) is 4.65. The molecule has 2 aliphatic heterocycles. The monoisotopic (exact) mass is 320 g/mol. The Balaban J connectivity index is 1.57. The smallest absolute Gasteiger partial charge is 0.288 e. The van der Waals surface area contributed by atoms with Crippen molar-refractivity contribution in [1.29, 1.82) is 0 Å². The number of hydrogen-bond acceptors (Lipinski definition) is 5. The van der Waals surface area contributed by atoms with Crippen LogP contribution >= 0.6 is 0 Å². The van der Waals surface area contributed by atoms with E-state index in [4.69, 9.17) is 5.73 Å². The van der Waals surface area contributed by atoms with Crippen molar-refractivity contribution in [3.8, 4) is 0 Å². The molecule has 2 amide bonds. The van der Waals surface area contributed by atoms with Crippen molar-refractivity contribution in [3.05, 3.63) is 12.2 Å². The molecule has 1 aromatic rings. The van der Waals surface area contributed by atoms with Crippen molar-refractivity contribution in [2.24, 2.45) is 5.73 Å². The summed E-state index contributed by atoms with van der Waals surface area (Å²) < 4.78 is 1.71. The fraction of sp³-hybridized carbons (Fsp3) is 0.733. The lowest BCUT2D eigenvalue weighted by Crippen LogP contribution is -2.46. The molecule has 0 unspecified atom stereocenters. The number of nitrogens with two attached hydrogens (primary N) is 1. The maximum atomic E-state index is 12.4. The second-order valence-electron chi connectivity index (χ2n) is 6.39. The Morgan fingerprint density at radius 1 is 1.17 bits per heavy atom. The first kappa shape index (κ1) is 15.9. The van der Waals surface area contributed by atoms with Crippen LogP contribution in [0.3, 0.4) is 0 Å². The third kappa shape index (κ3) is 3.87. The number of hydrogen-bond donors (Lipinski definition) is 1. The molecule has 2 aliphatic rings. The third-order valence-electron chi connectivity index (χ3n) is 4.65. The van der Waals surface area contributed by atoms with Crippen LogP contribution in [-0.4, -0.2) is 69.1 Å². The highest BCUT2D eigenvalue weighted by atomic mass is 16.2. The SMILES string of the molecule is NC(=O)c1ncn([C@H]2CCCN(CC(=O)N3CCCCC3)C2)n1. The van der Waals surface area contributed by atoms with E-state index in [1.165, 1.54) is 6.42 Å². The summed E-state index contributed by atoms with van der Waals surface area (Å²) >= 11 is 0. The van der Waals surface area contributed by atoms with E-state index in [1.807, 2.05) is 4.90 Å². The van der Waals surface area contributed by atoms with Crippen LogP contribution in [-0.2, 0) is 4.79 Å². The van der Waals surface area contributed by atoms with Gasteiger partial charge in [-0.15, -0.1) is 5.10 Å². The standard InChI is InChI=1S/C15H24N6O2/c16-14(23)15-17-11-21(18-15)12-5-4-6-19(9-12)10-13(22)20-7-2-1-3-8-20/h11-12H,1-10H2,(H2,16,23)/t12-/m0/s1. The number of amides is 2. The van der Waals surface area contributed by atoms with E-state index >= 15 is 0 Å². The van der Waals surface area contributed by atoms with Crippen LogP contribution in [0, 0.1) is 0 Å². The van der Waals surface area contributed by atoms with E-state index in [9.17, 15) is 9.59 Å².